The molecule has 2 heterocycles. The van der Waals surface area contributed by atoms with Crippen LogP contribution in [0.2, 0.25) is 0 Å². The van der Waals surface area contributed by atoms with E-state index in [2.05, 4.69) is 36.3 Å². The molecule has 2 rings (SSSR count). The summed E-state index contributed by atoms with van der Waals surface area (Å²) >= 11 is 0. The first-order valence-electron chi connectivity index (χ1n) is 6.46. The minimum atomic E-state index is 0.403. The maximum Gasteiger partial charge on any atom is 0.0849 e. The monoisotopic (exact) mass is 247 g/mol. The van der Waals surface area contributed by atoms with Crippen LogP contribution in [0.3, 0.4) is 0 Å². The maximum absolute atomic E-state index is 4.52. The molecule has 0 spiro atoms. The minimum absolute atomic E-state index is 0.403. The lowest BCUT2D eigenvalue weighted by atomic mass is 10.4. The molecule has 2 aromatic heterocycles. The number of hydrogen-bond acceptors (Lipinski definition) is 3. The molecule has 1 N–H and O–H groups in total. The Hall–Kier alpha value is -1.62. The van der Waals surface area contributed by atoms with Gasteiger partial charge in [-0.2, -0.15) is 10.2 Å². The average molecular weight is 247 g/mol. The van der Waals surface area contributed by atoms with Crippen molar-refractivity contribution in [3.63, 3.8) is 0 Å². The zero-order chi connectivity index (χ0) is 13.0. The molecule has 0 radical (unpaired) electrons. The lowest BCUT2D eigenvalue weighted by molar-refractivity contribution is 0.520. The number of nitrogens with one attached hydrogen (secondary N) is 1. The van der Waals surface area contributed by atoms with Crippen molar-refractivity contribution < 1.29 is 0 Å². The minimum Gasteiger partial charge on any atom is -0.311 e. The Bertz CT molecular complexity index is 483. The van der Waals surface area contributed by atoms with Crippen LogP contribution in [-0.2, 0) is 13.1 Å². The lowest BCUT2D eigenvalue weighted by Gasteiger charge is -2.04. The van der Waals surface area contributed by atoms with Gasteiger partial charge in [-0.05, 0) is 32.5 Å². The van der Waals surface area contributed by atoms with Gasteiger partial charge in [0, 0.05) is 25.0 Å². The molecule has 2 aromatic rings. The van der Waals surface area contributed by atoms with Gasteiger partial charge in [-0.1, -0.05) is 6.92 Å². The van der Waals surface area contributed by atoms with E-state index in [-0.39, 0.29) is 0 Å². The highest BCUT2D eigenvalue weighted by Crippen LogP contribution is 2.06. The summed E-state index contributed by atoms with van der Waals surface area (Å²) in [5.41, 5.74) is 2.11. The van der Waals surface area contributed by atoms with Gasteiger partial charge in [-0.3, -0.25) is 9.36 Å². The predicted molar refractivity (Wildman–Crippen MR) is 71.3 cm³/mol. The van der Waals surface area contributed by atoms with Crippen LogP contribution in [0, 0.1) is 0 Å². The molecule has 98 valence electrons. The molecule has 5 nitrogen and oxygen atoms in total. The quantitative estimate of drug-likeness (QED) is 0.847. The highest BCUT2D eigenvalue weighted by Gasteiger charge is 2.04. The molecule has 0 aliphatic rings. The summed E-state index contributed by atoms with van der Waals surface area (Å²) < 4.78 is 3.90. The van der Waals surface area contributed by atoms with Gasteiger partial charge in [0.05, 0.1) is 17.9 Å². The fraction of sp³-hybridized carbons (Fsp3) is 0.538. The second kappa shape index (κ2) is 5.82. The molecule has 0 amide bonds. The number of aromatic nitrogens is 4. The van der Waals surface area contributed by atoms with Crippen molar-refractivity contribution in [1.29, 1.82) is 0 Å². The molecule has 0 aliphatic carbocycles. The first kappa shape index (κ1) is 12.8. The van der Waals surface area contributed by atoms with Gasteiger partial charge in [-0.15, -0.1) is 0 Å². The topological polar surface area (TPSA) is 47.7 Å². The van der Waals surface area contributed by atoms with E-state index in [1.807, 2.05) is 33.9 Å². The number of nitrogens with zero attached hydrogens (tertiary/aromatic N) is 4. The number of hydrogen-bond donors (Lipinski definition) is 1. The third kappa shape index (κ3) is 3.20. The zero-order valence-corrected chi connectivity index (χ0v) is 11.3. The van der Waals surface area contributed by atoms with Gasteiger partial charge in [-0.25, -0.2) is 0 Å². The van der Waals surface area contributed by atoms with Crippen molar-refractivity contribution in [1.82, 2.24) is 24.9 Å². The van der Waals surface area contributed by atoms with Crippen LogP contribution in [0.15, 0.2) is 24.5 Å². The van der Waals surface area contributed by atoms with Crippen LogP contribution in [0.1, 0.15) is 38.2 Å². The fourth-order valence-electron chi connectivity index (χ4n) is 1.75. The van der Waals surface area contributed by atoms with E-state index in [4.69, 9.17) is 0 Å². The predicted octanol–water partition coefficient (Wildman–Crippen LogP) is 1.82. The third-order valence-corrected chi connectivity index (χ3v) is 2.77. The molecule has 0 aliphatic heterocycles. The van der Waals surface area contributed by atoms with Gasteiger partial charge in [0.1, 0.15) is 0 Å². The second-order valence-corrected chi connectivity index (χ2v) is 4.67. The molecule has 0 atom stereocenters. The van der Waals surface area contributed by atoms with Crippen molar-refractivity contribution in [3.05, 3.63) is 35.9 Å². The highest BCUT2D eigenvalue weighted by molar-refractivity contribution is 5.03. The van der Waals surface area contributed by atoms with Crippen molar-refractivity contribution in [3.8, 4) is 0 Å². The Morgan fingerprint density at radius 3 is 2.61 bits per heavy atom. The summed E-state index contributed by atoms with van der Waals surface area (Å²) in [6, 6.07) is 4.49. The molecule has 0 unspecified atom stereocenters. The second-order valence-electron chi connectivity index (χ2n) is 4.67. The standard InChI is InChI=1S/C13H21N5/c1-4-14-9-12-5-7-17(15-12)10-13-6-8-18(16-13)11(2)3/h5-8,11,14H,4,9-10H2,1-3H3. The number of rotatable bonds is 6. The third-order valence-electron chi connectivity index (χ3n) is 2.77. The Morgan fingerprint density at radius 2 is 1.94 bits per heavy atom. The van der Waals surface area contributed by atoms with Crippen LogP contribution in [-0.4, -0.2) is 26.1 Å². The summed E-state index contributed by atoms with van der Waals surface area (Å²) in [5, 5.41) is 12.3. The van der Waals surface area contributed by atoms with Crippen LogP contribution < -0.4 is 5.32 Å². The van der Waals surface area contributed by atoms with Crippen LogP contribution in [0.4, 0.5) is 0 Å². The van der Waals surface area contributed by atoms with Crippen molar-refractivity contribution >= 4 is 0 Å². The summed E-state index contributed by atoms with van der Waals surface area (Å²) in [4.78, 5) is 0. The van der Waals surface area contributed by atoms with E-state index >= 15 is 0 Å². The Labute approximate surface area is 108 Å². The Morgan fingerprint density at radius 1 is 1.17 bits per heavy atom. The van der Waals surface area contributed by atoms with Crippen LogP contribution in [0.25, 0.3) is 0 Å². The normalized spacial score (nSPS) is 11.3. The van der Waals surface area contributed by atoms with E-state index in [1.165, 1.54) is 0 Å². The molecule has 5 heteroatoms. The molecule has 0 saturated heterocycles. The maximum atomic E-state index is 4.52. The van der Waals surface area contributed by atoms with Gasteiger partial charge < -0.3 is 5.32 Å². The zero-order valence-electron chi connectivity index (χ0n) is 11.3. The van der Waals surface area contributed by atoms with Gasteiger partial charge in [0.15, 0.2) is 0 Å². The Kier molecular flexibility index (Phi) is 4.15. The van der Waals surface area contributed by atoms with Crippen LogP contribution in [0.5, 0.6) is 0 Å². The van der Waals surface area contributed by atoms with Gasteiger partial charge >= 0.3 is 0 Å². The van der Waals surface area contributed by atoms with Crippen molar-refractivity contribution in [2.75, 3.05) is 6.54 Å². The van der Waals surface area contributed by atoms with Crippen LogP contribution >= 0.6 is 0 Å². The van der Waals surface area contributed by atoms with E-state index in [9.17, 15) is 0 Å². The molecule has 0 fully saturated rings. The summed E-state index contributed by atoms with van der Waals surface area (Å²) in [6.45, 7) is 8.86. The molecular weight excluding hydrogens is 226 g/mol. The largest absolute Gasteiger partial charge is 0.311 e. The summed E-state index contributed by atoms with van der Waals surface area (Å²) in [7, 11) is 0. The Balaban J connectivity index is 1.97. The first-order valence-corrected chi connectivity index (χ1v) is 6.46. The molecule has 0 saturated carbocycles. The van der Waals surface area contributed by atoms with Crippen molar-refractivity contribution in [2.45, 2.75) is 39.9 Å². The molecule has 0 aromatic carbocycles. The fourth-order valence-corrected chi connectivity index (χ4v) is 1.75. The van der Waals surface area contributed by atoms with E-state index in [0.29, 0.717) is 6.04 Å². The molecule has 0 bridgehead atoms. The lowest BCUT2D eigenvalue weighted by Crippen LogP contribution is -2.12. The van der Waals surface area contributed by atoms with E-state index < -0.39 is 0 Å². The summed E-state index contributed by atoms with van der Waals surface area (Å²) in [6.07, 6.45) is 4.02. The molecule has 18 heavy (non-hydrogen) atoms. The van der Waals surface area contributed by atoms with E-state index in [1.54, 1.807) is 0 Å². The summed E-state index contributed by atoms with van der Waals surface area (Å²) in [5.74, 6) is 0. The van der Waals surface area contributed by atoms with Crippen molar-refractivity contribution in [2.24, 2.45) is 0 Å². The molecular formula is C13H21N5. The average Bonchev–Trinajstić information content (AvgIpc) is 2.96. The first-order chi connectivity index (χ1) is 8.69. The van der Waals surface area contributed by atoms with Gasteiger partial charge in [0.25, 0.3) is 0 Å². The smallest absolute Gasteiger partial charge is 0.0849 e. The van der Waals surface area contributed by atoms with Gasteiger partial charge in [0.2, 0.25) is 0 Å². The highest BCUT2D eigenvalue weighted by atomic mass is 15.3. The van der Waals surface area contributed by atoms with E-state index in [0.717, 1.165) is 31.0 Å². The SMILES string of the molecule is CCNCc1ccn(Cc2ccn(C(C)C)n2)n1.